The van der Waals surface area contributed by atoms with Crippen LogP contribution in [0.3, 0.4) is 0 Å². The lowest BCUT2D eigenvalue weighted by molar-refractivity contribution is -0.0279. The molecule has 2 aliphatic rings. The van der Waals surface area contributed by atoms with Gasteiger partial charge >= 0.3 is 7.12 Å². The number of nitrogens with zero attached hydrogens (tertiary/aromatic N) is 2. The van der Waals surface area contributed by atoms with Gasteiger partial charge in [0.1, 0.15) is 5.82 Å². The van der Waals surface area contributed by atoms with Crippen molar-refractivity contribution in [2.45, 2.75) is 58.3 Å². The van der Waals surface area contributed by atoms with Crippen LogP contribution >= 0.6 is 0 Å². The third-order valence-electron chi connectivity index (χ3n) is 5.05. The summed E-state index contributed by atoms with van der Waals surface area (Å²) >= 11 is 0. The number of anilines is 1. The van der Waals surface area contributed by atoms with Crippen molar-refractivity contribution < 1.29 is 14.0 Å². The number of ether oxygens (including phenoxy) is 1. The average Bonchev–Trinajstić information content (AvgIpc) is 2.66. The Kier molecular flexibility index (Phi) is 3.98. The molecule has 3 heterocycles. The standard InChI is InChI=1S/C17H27BN2O3/c1-15(2)12-20(9-10-21-15)14-8-7-13(11-19-14)18-22-16(3,4)17(5,6)23-18/h7-8,11H,9-10,12H2,1-6H3. The first-order valence-electron chi connectivity index (χ1n) is 8.30. The fourth-order valence-corrected chi connectivity index (χ4v) is 2.92. The Bertz CT molecular complexity index is 556. The predicted octanol–water partition coefficient (Wildman–Crippen LogP) is 2.00. The zero-order valence-corrected chi connectivity index (χ0v) is 15.0. The summed E-state index contributed by atoms with van der Waals surface area (Å²) < 4.78 is 17.9. The first-order valence-corrected chi connectivity index (χ1v) is 8.30. The molecule has 126 valence electrons. The van der Waals surface area contributed by atoms with Crippen LogP contribution in [0.4, 0.5) is 5.82 Å². The molecule has 0 amide bonds. The van der Waals surface area contributed by atoms with Crippen LogP contribution in [0, 0.1) is 0 Å². The number of aromatic nitrogens is 1. The van der Waals surface area contributed by atoms with E-state index in [1.807, 2.05) is 18.3 Å². The second-order valence-electron chi connectivity index (χ2n) is 8.07. The summed E-state index contributed by atoms with van der Waals surface area (Å²) in [7, 11) is -0.359. The van der Waals surface area contributed by atoms with Crippen molar-refractivity contribution in [2.75, 3.05) is 24.6 Å². The van der Waals surface area contributed by atoms with Gasteiger partial charge in [-0.15, -0.1) is 0 Å². The van der Waals surface area contributed by atoms with Gasteiger partial charge in [-0.2, -0.15) is 0 Å². The Morgan fingerprint density at radius 3 is 2.22 bits per heavy atom. The molecular weight excluding hydrogens is 291 g/mol. The van der Waals surface area contributed by atoms with Crippen LogP contribution in [-0.4, -0.2) is 48.6 Å². The van der Waals surface area contributed by atoms with Crippen LogP contribution in [0.5, 0.6) is 0 Å². The normalized spacial score (nSPS) is 25.7. The highest BCUT2D eigenvalue weighted by atomic mass is 16.7. The SMILES string of the molecule is CC1(C)CN(c2ccc(B3OC(C)(C)C(C)(C)O3)cn2)CCO1. The van der Waals surface area contributed by atoms with Crippen molar-refractivity contribution in [2.24, 2.45) is 0 Å². The summed E-state index contributed by atoms with van der Waals surface area (Å²) in [6.45, 7) is 14.9. The maximum atomic E-state index is 6.07. The minimum Gasteiger partial charge on any atom is -0.399 e. The Balaban J connectivity index is 1.73. The fourth-order valence-electron chi connectivity index (χ4n) is 2.92. The Labute approximate surface area is 139 Å². The minimum absolute atomic E-state index is 0.135. The molecule has 0 aromatic carbocycles. The average molecular weight is 318 g/mol. The van der Waals surface area contributed by atoms with E-state index in [1.165, 1.54) is 0 Å². The number of hydrogen-bond acceptors (Lipinski definition) is 5. The van der Waals surface area contributed by atoms with E-state index in [-0.39, 0.29) is 23.9 Å². The summed E-state index contributed by atoms with van der Waals surface area (Å²) in [6, 6.07) is 4.09. The van der Waals surface area contributed by atoms with E-state index in [0.717, 1.165) is 31.0 Å². The Hall–Kier alpha value is -1.11. The first-order chi connectivity index (χ1) is 10.6. The lowest BCUT2D eigenvalue weighted by atomic mass is 9.80. The summed E-state index contributed by atoms with van der Waals surface area (Å²) in [5, 5.41) is 0. The molecule has 1 aromatic heterocycles. The molecule has 2 aliphatic heterocycles. The van der Waals surface area contributed by atoms with Gasteiger partial charge in [0.05, 0.1) is 23.4 Å². The maximum absolute atomic E-state index is 6.07. The van der Waals surface area contributed by atoms with Crippen LogP contribution in [0.25, 0.3) is 0 Å². The summed E-state index contributed by atoms with van der Waals surface area (Å²) in [4.78, 5) is 6.88. The van der Waals surface area contributed by atoms with E-state index in [9.17, 15) is 0 Å². The summed E-state index contributed by atoms with van der Waals surface area (Å²) in [5.41, 5.74) is 0.166. The van der Waals surface area contributed by atoms with Gasteiger partial charge in [0, 0.05) is 24.7 Å². The van der Waals surface area contributed by atoms with Gasteiger partial charge in [-0.25, -0.2) is 4.98 Å². The lowest BCUT2D eigenvalue weighted by Gasteiger charge is -2.38. The van der Waals surface area contributed by atoms with E-state index < -0.39 is 0 Å². The first kappa shape index (κ1) is 16.7. The van der Waals surface area contributed by atoms with E-state index in [0.29, 0.717) is 0 Å². The zero-order valence-electron chi connectivity index (χ0n) is 15.0. The van der Waals surface area contributed by atoms with E-state index in [2.05, 4.69) is 51.4 Å². The van der Waals surface area contributed by atoms with Gasteiger partial charge in [-0.1, -0.05) is 6.07 Å². The number of pyridine rings is 1. The van der Waals surface area contributed by atoms with E-state index in [1.54, 1.807) is 0 Å². The van der Waals surface area contributed by atoms with Crippen molar-refractivity contribution in [1.29, 1.82) is 0 Å². The molecule has 0 saturated carbocycles. The Morgan fingerprint density at radius 1 is 1.04 bits per heavy atom. The molecule has 6 heteroatoms. The maximum Gasteiger partial charge on any atom is 0.496 e. The lowest BCUT2D eigenvalue weighted by Crippen LogP contribution is -2.48. The summed E-state index contributed by atoms with van der Waals surface area (Å²) in [5.74, 6) is 0.974. The van der Waals surface area contributed by atoms with Crippen LogP contribution < -0.4 is 10.4 Å². The third kappa shape index (κ3) is 3.25. The monoisotopic (exact) mass is 318 g/mol. The van der Waals surface area contributed by atoms with Crippen molar-refractivity contribution in [3.05, 3.63) is 18.3 Å². The topological polar surface area (TPSA) is 43.8 Å². The van der Waals surface area contributed by atoms with Gasteiger partial charge in [-0.05, 0) is 47.6 Å². The molecule has 0 N–H and O–H groups in total. The van der Waals surface area contributed by atoms with Gasteiger partial charge in [0.15, 0.2) is 0 Å². The molecule has 2 fully saturated rings. The second kappa shape index (κ2) is 5.47. The van der Waals surface area contributed by atoms with Crippen LogP contribution in [0.2, 0.25) is 0 Å². The van der Waals surface area contributed by atoms with E-state index >= 15 is 0 Å². The quantitative estimate of drug-likeness (QED) is 0.781. The van der Waals surface area contributed by atoms with Crippen LogP contribution in [0.1, 0.15) is 41.5 Å². The Morgan fingerprint density at radius 2 is 1.70 bits per heavy atom. The molecule has 0 atom stereocenters. The minimum atomic E-state index is -0.359. The molecule has 0 unspecified atom stereocenters. The van der Waals surface area contributed by atoms with Gasteiger partial charge in [-0.3, -0.25) is 0 Å². The second-order valence-corrected chi connectivity index (χ2v) is 8.07. The van der Waals surface area contributed by atoms with Crippen LogP contribution in [0.15, 0.2) is 18.3 Å². The molecule has 23 heavy (non-hydrogen) atoms. The number of rotatable bonds is 2. The third-order valence-corrected chi connectivity index (χ3v) is 5.05. The van der Waals surface area contributed by atoms with Gasteiger partial charge < -0.3 is 18.9 Å². The highest BCUT2D eigenvalue weighted by Gasteiger charge is 2.51. The number of morpholine rings is 1. The molecule has 0 spiro atoms. The molecular formula is C17H27BN2O3. The molecule has 5 nitrogen and oxygen atoms in total. The van der Waals surface area contributed by atoms with Crippen molar-refractivity contribution in [1.82, 2.24) is 4.98 Å². The molecule has 0 bridgehead atoms. The molecule has 0 radical (unpaired) electrons. The summed E-state index contributed by atoms with van der Waals surface area (Å²) in [6.07, 6.45) is 1.86. The largest absolute Gasteiger partial charge is 0.496 e. The highest BCUT2D eigenvalue weighted by molar-refractivity contribution is 6.62. The molecule has 3 rings (SSSR count). The highest BCUT2D eigenvalue weighted by Crippen LogP contribution is 2.36. The number of hydrogen-bond donors (Lipinski definition) is 0. The van der Waals surface area contributed by atoms with Crippen LogP contribution in [-0.2, 0) is 14.0 Å². The molecule has 2 saturated heterocycles. The van der Waals surface area contributed by atoms with Gasteiger partial charge in [0.25, 0.3) is 0 Å². The van der Waals surface area contributed by atoms with E-state index in [4.69, 9.17) is 14.0 Å². The van der Waals surface area contributed by atoms with Crippen molar-refractivity contribution >= 4 is 18.4 Å². The van der Waals surface area contributed by atoms with Crippen molar-refractivity contribution in [3.8, 4) is 0 Å². The predicted molar refractivity (Wildman–Crippen MR) is 92.2 cm³/mol. The molecule has 0 aliphatic carbocycles. The van der Waals surface area contributed by atoms with Gasteiger partial charge in [0.2, 0.25) is 0 Å². The smallest absolute Gasteiger partial charge is 0.399 e. The van der Waals surface area contributed by atoms with Crippen molar-refractivity contribution in [3.63, 3.8) is 0 Å². The zero-order chi connectivity index (χ0) is 16.9. The fraction of sp³-hybridized carbons (Fsp3) is 0.706. The molecule has 1 aromatic rings.